The van der Waals surface area contributed by atoms with E-state index in [-0.39, 0.29) is 0 Å². The minimum absolute atomic E-state index is 0.763. The number of halogens is 1. The van der Waals surface area contributed by atoms with Gasteiger partial charge in [0.2, 0.25) is 0 Å². The molecule has 2 nitrogen and oxygen atoms in total. The predicted molar refractivity (Wildman–Crippen MR) is 85.3 cm³/mol. The van der Waals surface area contributed by atoms with Crippen LogP contribution in [0.5, 0.6) is 0 Å². The van der Waals surface area contributed by atoms with Crippen molar-refractivity contribution in [2.24, 2.45) is 0 Å². The number of rotatable bonds is 3. The van der Waals surface area contributed by atoms with Crippen LogP contribution in [0.15, 0.2) is 54.7 Å². The van der Waals surface area contributed by atoms with Crippen molar-refractivity contribution in [3.8, 4) is 0 Å². The number of nitrogens with one attached hydrogen (secondary N) is 1. The van der Waals surface area contributed by atoms with Crippen LogP contribution in [0.1, 0.15) is 11.1 Å². The number of benzene rings is 2. The normalized spacial score (nSPS) is 10.7. The molecule has 3 heteroatoms. The highest BCUT2D eigenvalue weighted by atomic mass is 35.5. The molecule has 0 unspecified atom stereocenters. The zero-order valence-electron chi connectivity index (χ0n) is 11.2. The number of nitrogens with zero attached hydrogens (tertiary/aromatic N) is 1. The summed E-state index contributed by atoms with van der Waals surface area (Å²) in [5.74, 6) is 0. The molecule has 3 rings (SSSR count). The first-order chi connectivity index (χ1) is 9.74. The molecule has 1 aromatic heterocycles. The van der Waals surface area contributed by atoms with Crippen LogP contribution in [0, 0.1) is 6.92 Å². The Kier molecular flexibility index (Phi) is 3.57. The summed E-state index contributed by atoms with van der Waals surface area (Å²) in [6.07, 6.45) is 1.83. The topological polar surface area (TPSA) is 24.9 Å². The molecule has 0 atom stereocenters. The van der Waals surface area contributed by atoms with Gasteiger partial charge in [-0.1, -0.05) is 29.8 Å². The molecule has 3 aromatic rings. The fourth-order valence-electron chi connectivity index (χ4n) is 2.27. The Morgan fingerprint density at radius 2 is 1.85 bits per heavy atom. The van der Waals surface area contributed by atoms with Crippen LogP contribution in [-0.4, -0.2) is 4.98 Å². The van der Waals surface area contributed by atoms with Crippen LogP contribution >= 0.6 is 11.6 Å². The van der Waals surface area contributed by atoms with E-state index >= 15 is 0 Å². The third-order valence-corrected chi connectivity index (χ3v) is 3.62. The summed E-state index contributed by atoms with van der Waals surface area (Å²) < 4.78 is 0. The standard InChI is InChI=1S/C17H15ClN2/c1-12-4-9-16(15-3-2-10-19-17(12)15)20-11-13-5-7-14(18)8-6-13/h2-10,20H,11H2,1H3. The first-order valence-corrected chi connectivity index (χ1v) is 6.94. The third kappa shape index (κ3) is 2.61. The zero-order chi connectivity index (χ0) is 13.9. The number of hydrogen-bond acceptors (Lipinski definition) is 2. The van der Waals surface area contributed by atoms with Gasteiger partial charge in [-0.3, -0.25) is 4.98 Å². The number of aryl methyl sites for hydroxylation is 1. The molecule has 0 radical (unpaired) electrons. The molecule has 20 heavy (non-hydrogen) atoms. The van der Waals surface area contributed by atoms with E-state index in [0.29, 0.717) is 0 Å². The quantitative estimate of drug-likeness (QED) is 0.746. The van der Waals surface area contributed by atoms with E-state index in [1.165, 1.54) is 11.1 Å². The van der Waals surface area contributed by atoms with Crippen molar-refractivity contribution >= 4 is 28.2 Å². The van der Waals surface area contributed by atoms with E-state index in [1.807, 2.05) is 36.5 Å². The fourth-order valence-corrected chi connectivity index (χ4v) is 2.39. The molecule has 1 N–H and O–H groups in total. The zero-order valence-corrected chi connectivity index (χ0v) is 12.0. The van der Waals surface area contributed by atoms with E-state index in [4.69, 9.17) is 11.6 Å². The summed E-state index contributed by atoms with van der Waals surface area (Å²) >= 11 is 5.90. The second-order valence-electron chi connectivity index (χ2n) is 4.81. The first kappa shape index (κ1) is 12.9. The monoisotopic (exact) mass is 282 g/mol. The van der Waals surface area contributed by atoms with Crippen molar-refractivity contribution in [3.05, 3.63) is 70.9 Å². The number of aromatic nitrogens is 1. The molecule has 0 aliphatic rings. The van der Waals surface area contributed by atoms with Crippen molar-refractivity contribution in [1.82, 2.24) is 4.98 Å². The molecule has 100 valence electrons. The molecule has 0 aliphatic carbocycles. The van der Waals surface area contributed by atoms with Gasteiger partial charge in [0.15, 0.2) is 0 Å². The SMILES string of the molecule is Cc1ccc(NCc2ccc(Cl)cc2)c2cccnc12. The summed E-state index contributed by atoms with van der Waals surface area (Å²) in [5, 5.41) is 5.38. The van der Waals surface area contributed by atoms with Crippen molar-refractivity contribution in [1.29, 1.82) is 0 Å². The van der Waals surface area contributed by atoms with Gasteiger partial charge in [0.25, 0.3) is 0 Å². The summed E-state index contributed by atoms with van der Waals surface area (Å²) in [5.41, 5.74) is 4.55. The van der Waals surface area contributed by atoms with E-state index in [2.05, 4.69) is 35.4 Å². The minimum Gasteiger partial charge on any atom is -0.380 e. The molecule has 0 aliphatic heterocycles. The van der Waals surface area contributed by atoms with Crippen LogP contribution in [-0.2, 0) is 6.54 Å². The smallest absolute Gasteiger partial charge is 0.0751 e. The Balaban J connectivity index is 1.88. The average molecular weight is 283 g/mol. The van der Waals surface area contributed by atoms with Crippen LogP contribution in [0.2, 0.25) is 5.02 Å². The minimum atomic E-state index is 0.763. The lowest BCUT2D eigenvalue weighted by atomic mass is 10.1. The average Bonchev–Trinajstić information content (AvgIpc) is 2.49. The Labute approximate surface area is 123 Å². The van der Waals surface area contributed by atoms with Gasteiger partial charge in [0.1, 0.15) is 0 Å². The molecular weight excluding hydrogens is 268 g/mol. The van der Waals surface area contributed by atoms with Gasteiger partial charge in [-0.25, -0.2) is 0 Å². The molecular formula is C17H15ClN2. The molecule has 0 saturated heterocycles. The van der Waals surface area contributed by atoms with Crippen molar-refractivity contribution < 1.29 is 0 Å². The summed E-state index contributed by atoms with van der Waals surface area (Å²) in [4.78, 5) is 4.45. The Hall–Kier alpha value is -2.06. The van der Waals surface area contributed by atoms with Gasteiger partial charge in [0.05, 0.1) is 5.52 Å². The predicted octanol–water partition coefficient (Wildman–Crippen LogP) is 4.81. The Morgan fingerprint density at radius 3 is 2.65 bits per heavy atom. The number of anilines is 1. The maximum atomic E-state index is 5.90. The highest BCUT2D eigenvalue weighted by Gasteiger charge is 2.04. The Bertz CT molecular complexity index is 736. The molecule has 0 fully saturated rings. The summed E-state index contributed by atoms with van der Waals surface area (Å²) in [7, 11) is 0. The number of hydrogen-bond donors (Lipinski definition) is 1. The van der Waals surface area contributed by atoms with E-state index in [0.717, 1.165) is 28.2 Å². The molecule has 0 saturated carbocycles. The van der Waals surface area contributed by atoms with E-state index < -0.39 is 0 Å². The van der Waals surface area contributed by atoms with Gasteiger partial charge in [-0.15, -0.1) is 0 Å². The summed E-state index contributed by atoms with van der Waals surface area (Å²) in [6, 6.07) is 16.2. The lowest BCUT2D eigenvalue weighted by Gasteiger charge is -2.11. The van der Waals surface area contributed by atoms with Gasteiger partial charge < -0.3 is 5.32 Å². The second-order valence-corrected chi connectivity index (χ2v) is 5.25. The van der Waals surface area contributed by atoms with Gasteiger partial charge in [-0.2, -0.15) is 0 Å². The Morgan fingerprint density at radius 1 is 1.05 bits per heavy atom. The lowest BCUT2D eigenvalue weighted by Crippen LogP contribution is -2.00. The van der Waals surface area contributed by atoms with Gasteiger partial charge >= 0.3 is 0 Å². The highest BCUT2D eigenvalue weighted by Crippen LogP contribution is 2.25. The van der Waals surface area contributed by atoms with Crippen LogP contribution in [0.25, 0.3) is 10.9 Å². The van der Waals surface area contributed by atoms with Gasteiger partial charge in [0, 0.05) is 28.8 Å². The van der Waals surface area contributed by atoms with Crippen molar-refractivity contribution in [3.63, 3.8) is 0 Å². The fraction of sp³-hybridized carbons (Fsp3) is 0.118. The third-order valence-electron chi connectivity index (χ3n) is 3.37. The van der Waals surface area contributed by atoms with Crippen LogP contribution < -0.4 is 5.32 Å². The second kappa shape index (κ2) is 5.51. The molecule has 2 aromatic carbocycles. The lowest BCUT2D eigenvalue weighted by molar-refractivity contribution is 1.15. The van der Waals surface area contributed by atoms with Crippen LogP contribution in [0.3, 0.4) is 0 Å². The molecule has 1 heterocycles. The van der Waals surface area contributed by atoms with Gasteiger partial charge in [-0.05, 0) is 48.4 Å². The highest BCUT2D eigenvalue weighted by molar-refractivity contribution is 6.30. The van der Waals surface area contributed by atoms with Crippen LogP contribution in [0.4, 0.5) is 5.69 Å². The van der Waals surface area contributed by atoms with Crippen molar-refractivity contribution in [2.75, 3.05) is 5.32 Å². The molecule has 0 spiro atoms. The maximum Gasteiger partial charge on any atom is 0.0751 e. The number of pyridine rings is 1. The maximum absolute atomic E-state index is 5.90. The largest absolute Gasteiger partial charge is 0.380 e. The van der Waals surface area contributed by atoms with Crippen molar-refractivity contribution in [2.45, 2.75) is 13.5 Å². The number of fused-ring (bicyclic) bond motifs is 1. The molecule has 0 bridgehead atoms. The first-order valence-electron chi connectivity index (χ1n) is 6.57. The summed E-state index contributed by atoms with van der Waals surface area (Å²) in [6.45, 7) is 2.85. The van der Waals surface area contributed by atoms with E-state index in [9.17, 15) is 0 Å². The van der Waals surface area contributed by atoms with E-state index in [1.54, 1.807) is 0 Å². The molecule has 0 amide bonds.